The molecular formula is C15H24N2O2. The minimum atomic E-state index is 0.116. The van der Waals surface area contributed by atoms with Crippen molar-refractivity contribution in [3.05, 3.63) is 23.9 Å². The maximum atomic E-state index is 5.91. The Bertz CT molecular complexity index is 395. The molecular weight excluding hydrogens is 240 g/mol. The molecule has 0 spiro atoms. The van der Waals surface area contributed by atoms with Crippen LogP contribution >= 0.6 is 0 Å². The van der Waals surface area contributed by atoms with Crippen LogP contribution in [0.1, 0.15) is 39.2 Å². The second-order valence-electron chi connectivity index (χ2n) is 6.04. The maximum Gasteiger partial charge on any atom is 0.213 e. The lowest BCUT2D eigenvalue weighted by atomic mass is 10.1. The SMILES string of the molecule is CC(C)(C)NCc1ccnc(OC2CCOCC2)c1. The van der Waals surface area contributed by atoms with E-state index in [1.807, 2.05) is 18.3 Å². The molecule has 1 aromatic rings. The lowest BCUT2D eigenvalue weighted by molar-refractivity contribution is 0.0237. The monoisotopic (exact) mass is 264 g/mol. The topological polar surface area (TPSA) is 43.4 Å². The quantitative estimate of drug-likeness (QED) is 0.907. The molecule has 4 nitrogen and oxygen atoms in total. The minimum absolute atomic E-state index is 0.116. The van der Waals surface area contributed by atoms with E-state index in [1.54, 1.807) is 0 Å². The Balaban J connectivity index is 1.90. The molecule has 0 aliphatic carbocycles. The Morgan fingerprint density at radius 3 is 2.79 bits per heavy atom. The van der Waals surface area contributed by atoms with Crippen molar-refractivity contribution >= 4 is 0 Å². The van der Waals surface area contributed by atoms with Crippen molar-refractivity contribution in [2.75, 3.05) is 13.2 Å². The summed E-state index contributed by atoms with van der Waals surface area (Å²) in [7, 11) is 0. The zero-order valence-corrected chi connectivity index (χ0v) is 12.1. The van der Waals surface area contributed by atoms with Gasteiger partial charge in [0.2, 0.25) is 5.88 Å². The summed E-state index contributed by atoms with van der Waals surface area (Å²) in [6.45, 7) is 8.89. The number of hydrogen-bond donors (Lipinski definition) is 1. The summed E-state index contributed by atoms with van der Waals surface area (Å²) >= 11 is 0. The van der Waals surface area contributed by atoms with Gasteiger partial charge in [-0.3, -0.25) is 0 Å². The van der Waals surface area contributed by atoms with E-state index in [2.05, 4.69) is 31.1 Å². The highest BCUT2D eigenvalue weighted by Gasteiger charge is 2.16. The normalized spacial score (nSPS) is 17.4. The Hall–Kier alpha value is -1.13. The number of nitrogens with one attached hydrogen (secondary N) is 1. The first-order valence-electron chi connectivity index (χ1n) is 6.97. The maximum absolute atomic E-state index is 5.91. The highest BCUT2D eigenvalue weighted by Crippen LogP contribution is 2.17. The van der Waals surface area contributed by atoms with Gasteiger partial charge in [-0.25, -0.2) is 4.98 Å². The van der Waals surface area contributed by atoms with Crippen molar-refractivity contribution in [2.24, 2.45) is 0 Å². The summed E-state index contributed by atoms with van der Waals surface area (Å²) in [5.41, 5.74) is 1.32. The molecule has 0 atom stereocenters. The number of hydrogen-bond acceptors (Lipinski definition) is 4. The van der Waals surface area contributed by atoms with Gasteiger partial charge in [0.25, 0.3) is 0 Å². The lowest BCUT2D eigenvalue weighted by Gasteiger charge is -2.23. The molecule has 1 aliphatic rings. The molecule has 1 fully saturated rings. The van der Waals surface area contributed by atoms with E-state index < -0.39 is 0 Å². The average Bonchev–Trinajstić information content (AvgIpc) is 2.37. The van der Waals surface area contributed by atoms with Gasteiger partial charge in [-0.15, -0.1) is 0 Å². The van der Waals surface area contributed by atoms with Gasteiger partial charge in [-0.2, -0.15) is 0 Å². The summed E-state index contributed by atoms with van der Waals surface area (Å²) in [4.78, 5) is 4.29. The van der Waals surface area contributed by atoms with Crippen LogP contribution in [0.15, 0.2) is 18.3 Å². The van der Waals surface area contributed by atoms with Crippen LogP contribution in [-0.4, -0.2) is 29.8 Å². The Morgan fingerprint density at radius 2 is 2.11 bits per heavy atom. The Labute approximate surface area is 115 Å². The van der Waals surface area contributed by atoms with Gasteiger partial charge in [-0.1, -0.05) is 0 Å². The molecule has 106 valence electrons. The Morgan fingerprint density at radius 1 is 1.37 bits per heavy atom. The third-order valence-corrected chi connectivity index (χ3v) is 3.08. The summed E-state index contributed by atoms with van der Waals surface area (Å²) < 4.78 is 11.2. The van der Waals surface area contributed by atoms with Crippen LogP contribution in [0, 0.1) is 0 Å². The zero-order chi connectivity index (χ0) is 13.7. The molecule has 1 aliphatic heterocycles. The molecule has 0 aromatic carbocycles. The first-order valence-corrected chi connectivity index (χ1v) is 6.97. The van der Waals surface area contributed by atoms with Gasteiger partial charge < -0.3 is 14.8 Å². The second-order valence-corrected chi connectivity index (χ2v) is 6.04. The van der Waals surface area contributed by atoms with Crippen LogP contribution < -0.4 is 10.1 Å². The molecule has 2 heterocycles. The molecule has 1 aromatic heterocycles. The van der Waals surface area contributed by atoms with E-state index in [0.29, 0.717) is 0 Å². The number of nitrogens with zero attached hydrogens (tertiary/aromatic N) is 1. The predicted octanol–water partition coefficient (Wildman–Crippen LogP) is 2.53. The van der Waals surface area contributed by atoms with Crippen molar-refractivity contribution in [3.8, 4) is 5.88 Å². The van der Waals surface area contributed by atoms with Crippen LogP contribution in [-0.2, 0) is 11.3 Å². The van der Waals surface area contributed by atoms with Gasteiger partial charge in [0.15, 0.2) is 0 Å². The Kier molecular flexibility index (Phi) is 4.77. The first-order chi connectivity index (χ1) is 9.03. The van der Waals surface area contributed by atoms with Crippen LogP contribution in [0.25, 0.3) is 0 Å². The van der Waals surface area contributed by atoms with Crippen LogP contribution in [0.5, 0.6) is 5.88 Å². The third-order valence-electron chi connectivity index (χ3n) is 3.08. The van der Waals surface area contributed by atoms with E-state index in [1.165, 1.54) is 5.56 Å². The molecule has 0 amide bonds. The van der Waals surface area contributed by atoms with Gasteiger partial charge in [-0.05, 0) is 32.4 Å². The third kappa shape index (κ3) is 5.17. The van der Waals surface area contributed by atoms with E-state index >= 15 is 0 Å². The minimum Gasteiger partial charge on any atom is -0.474 e. The molecule has 0 bridgehead atoms. The summed E-state index contributed by atoms with van der Waals surface area (Å²) in [5, 5.41) is 3.47. The van der Waals surface area contributed by atoms with E-state index in [-0.39, 0.29) is 11.6 Å². The fourth-order valence-electron chi connectivity index (χ4n) is 1.96. The molecule has 19 heavy (non-hydrogen) atoms. The van der Waals surface area contributed by atoms with Gasteiger partial charge in [0.1, 0.15) is 6.10 Å². The predicted molar refractivity (Wildman–Crippen MR) is 75.3 cm³/mol. The summed E-state index contributed by atoms with van der Waals surface area (Å²) in [6, 6.07) is 4.05. The fourth-order valence-corrected chi connectivity index (χ4v) is 1.96. The number of aromatic nitrogens is 1. The highest BCUT2D eigenvalue weighted by molar-refractivity contribution is 5.20. The fraction of sp³-hybridized carbons (Fsp3) is 0.667. The smallest absolute Gasteiger partial charge is 0.213 e. The van der Waals surface area contributed by atoms with Crippen LogP contribution in [0.3, 0.4) is 0 Å². The molecule has 1 N–H and O–H groups in total. The second kappa shape index (κ2) is 6.35. The zero-order valence-electron chi connectivity index (χ0n) is 12.1. The van der Waals surface area contributed by atoms with Crippen LogP contribution in [0.2, 0.25) is 0 Å². The largest absolute Gasteiger partial charge is 0.474 e. The number of pyridine rings is 1. The van der Waals surface area contributed by atoms with Gasteiger partial charge in [0.05, 0.1) is 13.2 Å². The average molecular weight is 264 g/mol. The lowest BCUT2D eigenvalue weighted by Crippen LogP contribution is -2.35. The van der Waals surface area contributed by atoms with Crippen molar-refractivity contribution in [3.63, 3.8) is 0 Å². The van der Waals surface area contributed by atoms with Gasteiger partial charge in [0, 0.05) is 37.2 Å². The standard InChI is InChI=1S/C15H24N2O2/c1-15(2,3)17-11-12-4-7-16-14(10-12)19-13-5-8-18-9-6-13/h4,7,10,13,17H,5-6,8-9,11H2,1-3H3. The van der Waals surface area contributed by atoms with Crippen molar-refractivity contribution in [1.29, 1.82) is 0 Å². The number of ether oxygens (including phenoxy) is 2. The van der Waals surface area contributed by atoms with Crippen molar-refractivity contribution in [1.82, 2.24) is 10.3 Å². The van der Waals surface area contributed by atoms with E-state index in [9.17, 15) is 0 Å². The van der Waals surface area contributed by atoms with Crippen molar-refractivity contribution in [2.45, 2.75) is 51.8 Å². The van der Waals surface area contributed by atoms with E-state index in [4.69, 9.17) is 9.47 Å². The van der Waals surface area contributed by atoms with E-state index in [0.717, 1.165) is 38.5 Å². The van der Waals surface area contributed by atoms with Crippen molar-refractivity contribution < 1.29 is 9.47 Å². The molecule has 0 saturated carbocycles. The van der Waals surface area contributed by atoms with Crippen LogP contribution in [0.4, 0.5) is 0 Å². The summed E-state index contributed by atoms with van der Waals surface area (Å²) in [5.74, 6) is 0.722. The molecule has 2 rings (SSSR count). The molecule has 4 heteroatoms. The molecule has 0 radical (unpaired) electrons. The van der Waals surface area contributed by atoms with Gasteiger partial charge >= 0.3 is 0 Å². The first kappa shape index (κ1) is 14.3. The number of rotatable bonds is 4. The molecule has 0 unspecified atom stereocenters. The molecule has 1 saturated heterocycles. The summed E-state index contributed by atoms with van der Waals surface area (Å²) in [6.07, 6.45) is 3.96. The highest BCUT2D eigenvalue weighted by atomic mass is 16.5.